The highest BCUT2D eigenvalue weighted by Gasteiger charge is 2.10. The van der Waals surface area contributed by atoms with Gasteiger partial charge in [-0.15, -0.1) is 0 Å². The third kappa shape index (κ3) is 32.7. The van der Waals surface area contributed by atoms with E-state index in [0.29, 0.717) is 114 Å². The summed E-state index contributed by atoms with van der Waals surface area (Å²) < 4.78 is 60.8. The average molecular weight is 1030 g/mol. The van der Waals surface area contributed by atoms with Crippen molar-refractivity contribution in [2.24, 2.45) is 0 Å². The minimum atomic E-state index is -0.374. The molecule has 74 heavy (non-hydrogen) atoms. The standard InChI is InChI=1S/C17H18O4.2C13H16O4.C12H22O4.CO2/c1-3-19-9-10-21-16-8-7-13-11-15(17(18)20-4-2)6-5-14(13)12-16;1-4-16-5-6-17-12-8-10(2)7-11(9-12)13(14)15-3;1-3-15-9-10-17-12-7-5-11(6-8-12)13(14)16-4-2;1-3-14-10-11-15-9-7-5-6-8-12(13)16-4-2;2-1-3/h3,5-8,11-12H,1,4,9-10H2,2H3;4,7-9H,1,5-6H2,2-3H3;3,5-8H,1,4,9-10H2,2H3;3H,1,4-11H2,2H3;. The molecule has 0 atom stereocenters. The Balaban J connectivity index is 0.000000948. The predicted molar refractivity (Wildman–Crippen MR) is 277 cm³/mol. The van der Waals surface area contributed by atoms with Crippen molar-refractivity contribution in [3.05, 3.63) is 152 Å². The van der Waals surface area contributed by atoms with Gasteiger partial charge in [-0.2, -0.15) is 9.59 Å². The van der Waals surface area contributed by atoms with E-state index in [1.54, 1.807) is 56.3 Å². The van der Waals surface area contributed by atoms with E-state index in [9.17, 15) is 19.2 Å². The molecule has 0 heterocycles. The summed E-state index contributed by atoms with van der Waals surface area (Å²) in [4.78, 5) is 61.6. The minimum absolute atomic E-state index is 0.109. The van der Waals surface area contributed by atoms with Gasteiger partial charge in [-0.3, -0.25) is 4.79 Å². The van der Waals surface area contributed by atoms with E-state index in [-0.39, 0.29) is 30.0 Å². The first-order valence-electron chi connectivity index (χ1n) is 23.6. The van der Waals surface area contributed by atoms with Gasteiger partial charge in [0.05, 0.1) is 75.3 Å². The topological polar surface area (TPSA) is 213 Å². The first-order valence-corrected chi connectivity index (χ1v) is 23.6. The summed E-state index contributed by atoms with van der Waals surface area (Å²) in [6, 6.07) is 23.2. The Bertz CT molecular complexity index is 2250. The Labute approximate surface area is 434 Å². The summed E-state index contributed by atoms with van der Waals surface area (Å²) >= 11 is 0. The second-order valence-corrected chi connectivity index (χ2v) is 14.2. The molecule has 4 rings (SSSR count). The lowest BCUT2D eigenvalue weighted by Crippen LogP contribution is -2.06. The summed E-state index contributed by atoms with van der Waals surface area (Å²) in [5.74, 6) is 0.960. The molecule has 0 aromatic heterocycles. The molecule has 0 spiro atoms. The summed E-state index contributed by atoms with van der Waals surface area (Å²) in [5, 5.41) is 1.97. The molecule has 0 saturated heterocycles. The highest BCUT2D eigenvalue weighted by atomic mass is 16.6. The third-order valence-electron chi connectivity index (χ3n) is 8.86. The third-order valence-corrected chi connectivity index (χ3v) is 8.86. The predicted octanol–water partition coefficient (Wildman–Crippen LogP) is 9.98. The summed E-state index contributed by atoms with van der Waals surface area (Å²) in [6.07, 6.45) is 9.10. The normalized spacial score (nSPS) is 9.47. The summed E-state index contributed by atoms with van der Waals surface area (Å²) in [5.41, 5.74) is 2.48. The molecule has 0 radical (unpaired) electrons. The van der Waals surface area contributed by atoms with Crippen LogP contribution in [0.5, 0.6) is 17.2 Å². The molecule has 0 aliphatic carbocycles. The number of esters is 4. The van der Waals surface area contributed by atoms with Gasteiger partial charge in [-0.05, 0) is 124 Å². The number of benzene rings is 4. The molecular formula is C56H72O18. The van der Waals surface area contributed by atoms with Gasteiger partial charge >= 0.3 is 30.0 Å². The number of aryl methyl sites for hydroxylation is 1. The second-order valence-electron chi connectivity index (χ2n) is 14.2. The molecule has 0 fully saturated rings. The van der Waals surface area contributed by atoms with Crippen LogP contribution in [0.1, 0.15) is 83.1 Å². The van der Waals surface area contributed by atoms with Gasteiger partial charge in [0.25, 0.3) is 0 Å². The van der Waals surface area contributed by atoms with Gasteiger partial charge in [0.1, 0.15) is 63.5 Å². The molecule has 4 aromatic rings. The van der Waals surface area contributed by atoms with Gasteiger partial charge in [-0.1, -0.05) is 44.9 Å². The van der Waals surface area contributed by atoms with Gasteiger partial charge in [0.15, 0.2) is 0 Å². The van der Waals surface area contributed by atoms with Crippen molar-refractivity contribution in [1.29, 1.82) is 0 Å². The number of rotatable bonds is 31. The van der Waals surface area contributed by atoms with Crippen LogP contribution in [0.3, 0.4) is 0 Å². The molecule has 0 bridgehead atoms. The average Bonchev–Trinajstić information content (AvgIpc) is 3.40. The maximum atomic E-state index is 11.7. The van der Waals surface area contributed by atoms with Crippen LogP contribution in [-0.4, -0.2) is 116 Å². The number of hydrogen-bond donors (Lipinski definition) is 0. The monoisotopic (exact) mass is 1030 g/mol. The first-order chi connectivity index (χ1) is 35.9. The molecule has 0 unspecified atom stereocenters. The van der Waals surface area contributed by atoms with E-state index in [2.05, 4.69) is 31.1 Å². The lowest BCUT2D eigenvalue weighted by molar-refractivity contribution is -0.191. The molecule has 0 amide bonds. The van der Waals surface area contributed by atoms with Crippen molar-refractivity contribution in [3.63, 3.8) is 0 Å². The number of fused-ring (bicyclic) bond motifs is 1. The fourth-order valence-electron chi connectivity index (χ4n) is 5.67. The highest BCUT2D eigenvalue weighted by molar-refractivity contribution is 5.95. The van der Waals surface area contributed by atoms with Gasteiger partial charge in [-0.25, -0.2) is 14.4 Å². The fraction of sp³-hybridized carbons (Fsp3) is 0.375. The Morgan fingerprint density at radius 3 is 1.49 bits per heavy atom. The Kier molecular flexibility index (Phi) is 39.9. The molecule has 18 nitrogen and oxygen atoms in total. The molecular weight excluding hydrogens is 961 g/mol. The van der Waals surface area contributed by atoms with Gasteiger partial charge in [0, 0.05) is 13.0 Å². The quantitative estimate of drug-likeness (QED) is 0.0198. The van der Waals surface area contributed by atoms with Crippen LogP contribution in [0.2, 0.25) is 0 Å². The lowest BCUT2D eigenvalue weighted by atomic mass is 10.1. The van der Waals surface area contributed by atoms with Crippen molar-refractivity contribution in [2.45, 2.75) is 53.4 Å². The van der Waals surface area contributed by atoms with Gasteiger partial charge in [0.2, 0.25) is 0 Å². The molecule has 18 heteroatoms. The van der Waals surface area contributed by atoms with Crippen LogP contribution in [0.25, 0.3) is 10.8 Å². The van der Waals surface area contributed by atoms with Crippen molar-refractivity contribution < 1.29 is 85.6 Å². The van der Waals surface area contributed by atoms with Gasteiger partial charge < -0.3 is 56.8 Å². The fourth-order valence-corrected chi connectivity index (χ4v) is 5.67. The zero-order valence-corrected chi connectivity index (χ0v) is 43.3. The van der Waals surface area contributed by atoms with E-state index in [4.69, 9.17) is 61.7 Å². The maximum absolute atomic E-state index is 11.7. The highest BCUT2D eigenvalue weighted by Crippen LogP contribution is 2.23. The van der Waals surface area contributed by atoms with Crippen LogP contribution in [-0.2, 0) is 57.0 Å². The number of methoxy groups -OCH3 is 1. The number of ether oxygens (including phenoxy) is 12. The molecule has 0 N–H and O–H groups in total. The Morgan fingerprint density at radius 1 is 0.473 bits per heavy atom. The Hall–Kier alpha value is -8.08. The summed E-state index contributed by atoms with van der Waals surface area (Å²) in [7, 11) is 1.35. The second kappa shape index (κ2) is 44.8. The first kappa shape index (κ1) is 65.9. The van der Waals surface area contributed by atoms with Crippen molar-refractivity contribution >= 4 is 40.8 Å². The number of carbonyl (C=O) groups excluding carboxylic acids is 6. The van der Waals surface area contributed by atoms with Crippen LogP contribution in [0.15, 0.2) is 130 Å². The molecule has 0 saturated carbocycles. The van der Waals surface area contributed by atoms with Crippen LogP contribution in [0, 0.1) is 6.92 Å². The van der Waals surface area contributed by atoms with E-state index < -0.39 is 0 Å². The van der Waals surface area contributed by atoms with Crippen molar-refractivity contribution in [1.82, 2.24) is 0 Å². The smallest absolute Gasteiger partial charge is 0.373 e. The molecule has 404 valence electrons. The molecule has 0 aliphatic heterocycles. The zero-order chi connectivity index (χ0) is 55.0. The minimum Gasteiger partial charge on any atom is -0.499 e. The van der Waals surface area contributed by atoms with E-state index in [1.165, 1.54) is 32.2 Å². The van der Waals surface area contributed by atoms with E-state index in [1.807, 2.05) is 50.2 Å². The Morgan fingerprint density at radius 2 is 0.946 bits per heavy atom. The van der Waals surface area contributed by atoms with E-state index in [0.717, 1.165) is 41.3 Å². The SMILES string of the molecule is C=COCCOCCCCCC(=O)OCC.C=COCCOc1cc(C)cc(C(=O)OC)c1.C=COCCOc1ccc(C(=O)OCC)cc1.C=COCCOc1ccc2cc(C(=O)OCC)ccc2c1.O=C=O. The van der Waals surface area contributed by atoms with Crippen molar-refractivity contribution in [3.8, 4) is 17.2 Å². The summed E-state index contributed by atoms with van der Waals surface area (Å²) in [6.45, 7) is 26.7. The largest absolute Gasteiger partial charge is 0.499 e. The zero-order valence-electron chi connectivity index (χ0n) is 43.3. The lowest BCUT2D eigenvalue weighted by Gasteiger charge is -2.08. The van der Waals surface area contributed by atoms with Crippen LogP contribution < -0.4 is 14.2 Å². The van der Waals surface area contributed by atoms with Crippen LogP contribution >= 0.6 is 0 Å². The van der Waals surface area contributed by atoms with Crippen LogP contribution in [0.4, 0.5) is 0 Å². The molecule has 0 aliphatic rings. The number of carbonyl (C=O) groups is 4. The molecule has 4 aromatic carbocycles. The van der Waals surface area contributed by atoms with E-state index >= 15 is 0 Å². The number of hydrogen-bond acceptors (Lipinski definition) is 18. The van der Waals surface area contributed by atoms with Crippen molar-refractivity contribution in [2.75, 3.05) is 86.4 Å². The number of unbranched alkanes of at least 4 members (excludes halogenated alkanes) is 2. The maximum Gasteiger partial charge on any atom is 0.373 e.